The number of aromatic nitrogens is 3. The zero-order valence-corrected chi connectivity index (χ0v) is 19.8. The molecule has 0 spiro atoms. The van der Waals surface area contributed by atoms with Crippen LogP contribution < -0.4 is 10.1 Å². The number of amides is 2. The summed E-state index contributed by atoms with van der Waals surface area (Å²) < 4.78 is 43.0. The Labute approximate surface area is 200 Å². The third-order valence-electron chi connectivity index (χ3n) is 5.83. The van der Waals surface area contributed by atoms with Crippen LogP contribution in [0.15, 0.2) is 36.4 Å². The molecule has 0 bridgehead atoms. The Hall–Kier alpha value is -3.63. The maximum Gasteiger partial charge on any atom is 0.573 e. The number of fused-ring (bicyclic) bond motifs is 1. The van der Waals surface area contributed by atoms with Gasteiger partial charge in [-0.3, -0.25) is 9.59 Å². The lowest BCUT2D eigenvalue weighted by atomic mass is 9.98. The molecule has 186 valence electrons. The number of nitrogens with zero attached hydrogens (tertiary/aromatic N) is 4. The number of ether oxygens (including phenoxy) is 1. The summed E-state index contributed by atoms with van der Waals surface area (Å²) in [7, 11) is 0. The average molecular weight is 489 g/mol. The van der Waals surface area contributed by atoms with Crippen LogP contribution >= 0.6 is 0 Å². The minimum Gasteiger partial charge on any atom is -0.406 e. The molecular formula is C24H26F3N5O3. The molecule has 0 unspecified atom stereocenters. The van der Waals surface area contributed by atoms with Gasteiger partial charge in [-0.15, -0.1) is 13.2 Å². The van der Waals surface area contributed by atoms with Crippen molar-refractivity contribution in [3.8, 4) is 11.4 Å². The quantitative estimate of drug-likeness (QED) is 0.588. The van der Waals surface area contributed by atoms with E-state index in [2.05, 4.69) is 20.1 Å². The number of hydrogen-bond donors (Lipinski definition) is 1. The van der Waals surface area contributed by atoms with Crippen molar-refractivity contribution >= 4 is 22.8 Å². The van der Waals surface area contributed by atoms with Crippen LogP contribution in [0.4, 0.5) is 13.2 Å². The number of carbonyl (C=O) groups excluding carboxylic acids is 2. The molecule has 3 heterocycles. The van der Waals surface area contributed by atoms with E-state index in [1.165, 1.54) is 29.2 Å². The molecule has 2 aromatic heterocycles. The van der Waals surface area contributed by atoms with Crippen molar-refractivity contribution in [2.24, 2.45) is 5.92 Å². The first-order chi connectivity index (χ1) is 16.4. The summed E-state index contributed by atoms with van der Waals surface area (Å²) in [5, 5.41) is 7.43. The highest BCUT2D eigenvalue weighted by Gasteiger charge is 2.41. The summed E-state index contributed by atoms with van der Waals surface area (Å²) in [5.74, 6) is -0.678. The van der Waals surface area contributed by atoms with E-state index in [9.17, 15) is 22.8 Å². The summed E-state index contributed by atoms with van der Waals surface area (Å²) in [6, 6.07) is 8.66. The number of hydrogen-bond acceptors (Lipinski definition) is 5. The first-order valence-corrected chi connectivity index (χ1v) is 11.2. The SMILES string of the molecule is CC(C)Cc1nn(-c2ccc(OC(F)(F)F)cc2)c2ccc(C(=O)N3CCNC(=O)C3(C)C)nc12. The van der Waals surface area contributed by atoms with Crippen LogP contribution in [0.25, 0.3) is 16.7 Å². The predicted molar refractivity (Wildman–Crippen MR) is 122 cm³/mol. The lowest BCUT2D eigenvalue weighted by molar-refractivity contribution is -0.274. The fraction of sp³-hybridized carbons (Fsp3) is 0.417. The second-order valence-corrected chi connectivity index (χ2v) is 9.33. The van der Waals surface area contributed by atoms with Gasteiger partial charge < -0.3 is 15.0 Å². The smallest absolute Gasteiger partial charge is 0.406 e. The summed E-state index contributed by atoms with van der Waals surface area (Å²) in [6.07, 6.45) is -4.19. The van der Waals surface area contributed by atoms with Crippen molar-refractivity contribution in [3.05, 3.63) is 47.8 Å². The van der Waals surface area contributed by atoms with Gasteiger partial charge >= 0.3 is 6.36 Å². The highest BCUT2D eigenvalue weighted by Crippen LogP contribution is 2.28. The predicted octanol–water partition coefficient (Wildman–Crippen LogP) is 3.87. The zero-order valence-electron chi connectivity index (χ0n) is 19.8. The maximum absolute atomic E-state index is 13.3. The molecule has 35 heavy (non-hydrogen) atoms. The van der Waals surface area contributed by atoms with E-state index in [0.29, 0.717) is 41.9 Å². The van der Waals surface area contributed by atoms with Gasteiger partial charge in [0.05, 0.1) is 16.9 Å². The molecule has 3 aromatic rings. The number of piperazine rings is 1. The van der Waals surface area contributed by atoms with Gasteiger partial charge in [-0.1, -0.05) is 13.8 Å². The second kappa shape index (κ2) is 8.86. The van der Waals surface area contributed by atoms with Crippen molar-refractivity contribution in [2.75, 3.05) is 13.1 Å². The standard InChI is InChI=1S/C24H26F3N5O3/c1-14(2)13-18-20-19(32(30-18)15-5-7-16(8-6-15)35-24(25,26)27)10-9-17(29-20)21(33)31-12-11-28-22(34)23(31,3)4/h5-10,14H,11-13H2,1-4H3,(H,28,34). The molecule has 0 radical (unpaired) electrons. The highest BCUT2D eigenvalue weighted by molar-refractivity contribution is 5.99. The minimum atomic E-state index is -4.78. The Kier molecular flexibility index (Phi) is 6.20. The largest absolute Gasteiger partial charge is 0.573 e. The second-order valence-electron chi connectivity index (χ2n) is 9.33. The van der Waals surface area contributed by atoms with Gasteiger partial charge in [0.2, 0.25) is 5.91 Å². The first-order valence-electron chi connectivity index (χ1n) is 11.2. The van der Waals surface area contributed by atoms with E-state index in [1.807, 2.05) is 13.8 Å². The van der Waals surface area contributed by atoms with Gasteiger partial charge in [-0.25, -0.2) is 9.67 Å². The molecule has 0 saturated carbocycles. The maximum atomic E-state index is 13.3. The number of benzene rings is 1. The van der Waals surface area contributed by atoms with Crippen molar-refractivity contribution in [1.29, 1.82) is 0 Å². The molecule has 8 nitrogen and oxygen atoms in total. The van der Waals surface area contributed by atoms with Gasteiger partial charge in [0.1, 0.15) is 22.5 Å². The Balaban J connectivity index is 1.74. The van der Waals surface area contributed by atoms with E-state index in [1.54, 1.807) is 30.7 Å². The monoisotopic (exact) mass is 489 g/mol. The van der Waals surface area contributed by atoms with Crippen LogP contribution in [0.1, 0.15) is 43.9 Å². The van der Waals surface area contributed by atoms with Gasteiger partial charge in [-0.2, -0.15) is 5.10 Å². The molecule has 1 N–H and O–H groups in total. The third kappa shape index (κ3) is 4.94. The number of carbonyl (C=O) groups is 2. The van der Waals surface area contributed by atoms with Crippen molar-refractivity contribution in [1.82, 2.24) is 25.0 Å². The van der Waals surface area contributed by atoms with Crippen molar-refractivity contribution in [2.45, 2.75) is 46.0 Å². The molecule has 1 saturated heterocycles. The Morgan fingerprint density at radius 3 is 2.49 bits per heavy atom. The lowest BCUT2D eigenvalue weighted by Crippen LogP contribution is -2.63. The van der Waals surface area contributed by atoms with Crippen LogP contribution in [0.3, 0.4) is 0 Å². The van der Waals surface area contributed by atoms with Crippen LogP contribution in [0.2, 0.25) is 0 Å². The number of halogens is 3. The third-order valence-corrected chi connectivity index (χ3v) is 5.83. The first kappa shape index (κ1) is 24.5. The van der Waals surface area contributed by atoms with E-state index in [-0.39, 0.29) is 29.2 Å². The molecule has 1 fully saturated rings. The molecule has 1 aliphatic rings. The molecule has 0 aliphatic carbocycles. The minimum absolute atomic E-state index is 0.193. The van der Waals surface area contributed by atoms with E-state index in [0.717, 1.165) is 0 Å². The molecule has 1 aliphatic heterocycles. The Bertz CT molecular complexity index is 1270. The number of alkyl halides is 3. The zero-order chi connectivity index (χ0) is 25.5. The van der Waals surface area contributed by atoms with E-state index >= 15 is 0 Å². The molecule has 4 rings (SSSR count). The number of rotatable bonds is 5. The molecular weight excluding hydrogens is 463 g/mol. The van der Waals surface area contributed by atoms with Crippen molar-refractivity contribution < 1.29 is 27.5 Å². The normalized spacial score (nSPS) is 16.0. The summed E-state index contributed by atoms with van der Waals surface area (Å²) in [6.45, 7) is 8.15. The molecule has 2 amide bonds. The van der Waals surface area contributed by atoms with Gasteiger partial charge in [0.25, 0.3) is 5.91 Å². The van der Waals surface area contributed by atoms with Crippen LogP contribution in [-0.4, -0.2) is 56.5 Å². The fourth-order valence-corrected chi connectivity index (χ4v) is 4.08. The van der Waals surface area contributed by atoms with E-state index in [4.69, 9.17) is 0 Å². The number of nitrogens with one attached hydrogen (secondary N) is 1. The summed E-state index contributed by atoms with van der Waals surface area (Å²) >= 11 is 0. The Morgan fingerprint density at radius 2 is 1.86 bits per heavy atom. The highest BCUT2D eigenvalue weighted by atomic mass is 19.4. The molecule has 11 heteroatoms. The Morgan fingerprint density at radius 1 is 1.17 bits per heavy atom. The van der Waals surface area contributed by atoms with Crippen LogP contribution in [-0.2, 0) is 11.2 Å². The average Bonchev–Trinajstić information content (AvgIpc) is 3.11. The van der Waals surface area contributed by atoms with Gasteiger partial charge in [0, 0.05) is 13.1 Å². The molecule has 0 atom stereocenters. The van der Waals surface area contributed by atoms with E-state index < -0.39 is 11.9 Å². The molecule has 1 aromatic carbocycles. The summed E-state index contributed by atoms with van der Waals surface area (Å²) in [4.78, 5) is 31.7. The van der Waals surface area contributed by atoms with Gasteiger partial charge in [0.15, 0.2) is 0 Å². The summed E-state index contributed by atoms with van der Waals surface area (Å²) in [5.41, 5.74) is 1.50. The van der Waals surface area contributed by atoms with Crippen LogP contribution in [0.5, 0.6) is 5.75 Å². The van der Waals surface area contributed by atoms with Crippen molar-refractivity contribution in [3.63, 3.8) is 0 Å². The number of pyridine rings is 1. The van der Waals surface area contributed by atoms with Crippen LogP contribution in [0, 0.1) is 5.92 Å². The van der Waals surface area contributed by atoms with Gasteiger partial charge in [-0.05, 0) is 62.6 Å². The topological polar surface area (TPSA) is 89.4 Å². The lowest BCUT2D eigenvalue weighted by Gasteiger charge is -2.40. The fourth-order valence-electron chi connectivity index (χ4n) is 4.08.